The summed E-state index contributed by atoms with van der Waals surface area (Å²) >= 11 is 0. The average Bonchev–Trinajstić information content (AvgIpc) is 2.88. The minimum Gasteiger partial charge on any atom is -0.480 e. The van der Waals surface area contributed by atoms with Crippen molar-refractivity contribution in [3.8, 4) is 0 Å². The molecule has 0 fully saturated rings. The SMILES string of the molecule is N[C@@H](Cc1cn(Cc2ccc(F)cc2)c2ccccc12)C(=O)O. The molecule has 5 heteroatoms. The zero-order valence-corrected chi connectivity index (χ0v) is 12.4. The monoisotopic (exact) mass is 312 g/mol. The summed E-state index contributed by atoms with van der Waals surface area (Å²) in [7, 11) is 0. The molecule has 0 saturated heterocycles. The number of nitrogens with zero attached hydrogens (tertiary/aromatic N) is 1. The zero-order chi connectivity index (χ0) is 16.4. The molecule has 1 aromatic heterocycles. The maximum atomic E-state index is 13.0. The van der Waals surface area contributed by atoms with Gasteiger partial charge in [0.25, 0.3) is 0 Å². The highest BCUT2D eigenvalue weighted by Crippen LogP contribution is 2.23. The Morgan fingerprint density at radius 1 is 1.17 bits per heavy atom. The summed E-state index contributed by atoms with van der Waals surface area (Å²) in [4.78, 5) is 11.0. The highest BCUT2D eigenvalue weighted by atomic mass is 19.1. The first-order valence-corrected chi connectivity index (χ1v) is 7.34. The molecule has 0 aliphatic rings. The second-order valence-corrected chi connectivity index (χ2v) is 5.57. The number of aliphatic carboxylic acids is 1. The number of para-hydroxylation sites is 1. The van der Waals surface area contributed by atoms with Gasteiger partial charge in [0.15, 0.2) is 0 Å². The Kier molecular flexibility index (Phi) is 4.12. The summed E-state index contributed by atoms with van der Waals surface area (Å²) in [5, 5.41) is 10.0. The van der Waals surface area contributed by atoms with Crippen molar-refractivity contribution in [3.05, 3.63) is 71.7 Å². The first kappa shape index (κ1) is 15.2. The van der Waals surface area contributed by atoms with Gasteiger partial charge in [-0.15, -0.1) is 0 Å². The molecule has 3 aromatic rings. The molecule has 23 heavy (non-hydrogen) atoms. The number of rotatable bonds is 5. The molecule has 4 nitrogen and oxygen atoms in total. The van der Waals surface area contributed by atoms with Gasteiger partial charge in [-0.2, -0.15) is 0 Å². The van der Waals surface area contributed by atoms with Crippen molar-refractivity contribution in [1.82, 2.24) is 4.57 Å². The minimum absolute atomic E-state index is 0.265. The summed E-state index contributed by atoms with van der Waals surface area (Å²) < 4.78 is 15.1. The van der Waals surface area contributed by atoms with E-state index < -0.39 is 12.0 Å². The highest BCUT2D eigenvalue weighted by Gasteiger charge is 2.16. The molecule has 1 heterocycles. The van der Waals surface area contributed by atoms with E-state index in [1.807, 2.05) is 35.0 Å². The highest BCUT2D eigenvalue weighted by molar-refractivity contribution is 5.85. The second kappa shape index (κ2) is 6.22. The van der Waals surface area contributed by atoms with Crippen molar-refractivity contribution in [3.63, 3.8) is 0 Å². The van der Waals surface area contributed by atoms with E-state index in [1.165, 1.54) is 12.1 Å². The smallest absolute Gasteiger partial charge is 0.320 e. The molecule has 2 aromatic carbocycles. The molecule has 1 atom stereocenters. The van der Waals surface area contributed by atoms with E-state index in [4.69, 9.17) is 10.8 Å². The molecule has 118 valence electrons. The molecule has 3 rings (SSSR count). The van der Waals surface area contributed by atoms with Gasteiger partial charge in [-0.25, -0.2) is 4.39 Å². The molecule has 0 aliphatic carbocycles. The van der Waals surface area contributed by atoms with E-state index in [2.05, 4.69) is 0 Å². The van der Waals surface area contributed by atoms with Crippen molar-refractivity contribution >= 4 is 16.9 Å². The van der Waals surface area contributed by atoms with Gasteiger partial charge in [0, 0.05) is 30.1 Å². The Morgan fingerprint density at radius 3 is 2.57 bits per heavy atom. The van der Waals surface area contributed by atoms with Crippen LogP contribution in [0.3, 0.4) is 0 Å². The Morgan fingerprint density at radius 2 is 1.87 bits per heavy atom. The maximum absolute atomic E-state index is 13.0. The molecule has 0 saturated carbocycles. The van der Waals surface area contributed by atoms with E-state index in [-0.39, 0.29) is 12.2 Å². The summed E-state index contributed by atoms with van der Waals surface area (Å²) in [5.41, 5.74) is 8.55. The maximum Gasteiger partial charge on any atom is 0.320 e. The molecular weight excluding hydrogens is 295 g/mol. The number of nitrogens with two attached hydrogens (primary N) is 1. The summed E-state index contributed by atoms with van der Waals surface area (Å²) in [5.74, 6) is -1.28. The quantitative estimate of drug-likeness (QED) is 0.761. The standard InChI is InChI=1S/C18H17FN2O2/c19-14-7-5-12(6-8-14)10-21-11-13(9-16(20)18(22)23)15-3-1-2-4-17(15)21/h1-8,11,16H,9-10,20H2,(H,22,23)/t16-/m0/s1. The number of hydrogen-bond donors (Lipinski definition) is 2. The molecule has 0 spiro atoms. The van der Waals surface area contributed by atoms with Crippen LogP contribution in [-0.4, -0.2) is 21.7 Å². The molecular formula is C18H17FN2O2. The fraction of sp³-hybridized carbons (Fsp3) is 0.167. The number of carboxylic acid groups (broad SMARTS) is 1. The molecule has 0 radical (unpaired) electrons. The van der Waals surface area contributed by atoms with Crippen LogP contribution in [0.5, 0.6) is 0 Å². The number of fused-ring (bicyclic) bond motifs is 1. The van der Waals surface area contributed by atoms with Crippen molar-refractivity contribution in [1.29, 1.82) is 0 Å². The Labute approximate surface area is 133 Å². The number of benzene rings is 2. The third-order valence-corrected chi connectivity index (χ3v) is 3.89. The lowest BCUT2D eigenvalue weighted by atomic mass is 10.1. The molecule has 0 amide bonds. The Balaban J connectivity index is 1.97. The Hall–Kier alpha value is -2.66. The number of carbonyl (C=O) groups is 1. The predicted octanol–water partition coefficient (Wildman–Crippen LogP) is 2.78. The van der Waals surface area contributed by atoms with Gasteiger partial charge in [-0.1, -0.05) is 30.3 Å². The molecule has 3 N–H and O–H groups in total. The average molecular weight is 312 g/mol. The van der Waals surface area contributed by atoms with Crippen LogP contribution in [0.1, 0.15) is 11.1 Å². The van der Waals surface area contributed by atoms with Gasteiger partial charge in [-0.3, -0.25) is 4.79 Å². The van der Waals surface area contributed by atoms with Crippen molar-refractivity contribution in [2.75, 3.05) is 0 Å². The van der Waals surface area contributed by atoms with Gasteiger partial charge in [0.05, 0.1) is 0 Å². The van der Waals surface area contributed by atoms with Gasteiger partial charge >= 0.3 is 5.97 Å². The van der Waals surface area contributed by atoms with E-state index in [1.54, 1.807) is 12.1 Å². The molecule has 0 aliphatic heterocycles. The largest absolute Gasteiger partial charge is 0.480 e. The van der Waals surface area contributed by atoms with Gasteiger partial charge in [0.2, 0.25) is 0 Å². The van der Waals surface area contributed by atoms with Crippen LogP contribution < -0.4 is 5.73 Å². The van der Waals surface area contributed by atoms with E-state index in [0.29, 0.717) is 6.54 Å². The lowest BCUT2D eigenvalue weighted by Gasteiger charge is -2.05. The third-order valence-electron chi connectivity index (χ3n) is 3.89. The van der Waals surface area contributed by atoms with Crippen molar-refractivity contribution in [2.24, 2.45) is 5.73 Å². The molecule has 0 unspecified atom stereocenters. The minimum atomic E-state index is -1.01. The zero-order valence-electron chi connectivity index (χ0n) is 12.4. The number of halogens is 1. The topological polar surface area (TPSA) is 68.2 Å². The Bertz CT molecular complexity index is 840. The van der Waals surface area contributed by atoms with Crippen molar-refractivity contribution < 1.29 is 14.3 Å². The lowest BCUT2D eigenvalue weighted by Crippen LogP contribution is -2.32. The lowest BCUT2D eigenvalue weighted by molar-refractivity contribution is -0.138. The fourth-order valence-electron chi connectivity index (χ4n) is 2.73. The summed E-state index contributed by atoms with van der Waals surface area (Å²) in [6.07, 6.45) is 2.20. The van der Waals surface area contributed by atoms with Crippen LogP contribution in [0.2, 0.25) is 0 Å². The fourth-order valence-corrected chi connectivity index (χ4v) is 2.73. The van der Waals surface area contributed by atoms with Gasteiger partial charge < -0.3 is 15.4 Å². The normalized spacial score (nSPS) is 12.4. The van der Waals surface area contributed by atoms with Crippen LogP contribution in [0.4, 0.5) is 4.39 Å². The second-order valence-electron chi connectivity index (χ2n) is 5.57. The van der Waals surface area contributed by atoms with Gasteiger partial charge in [0.1, 0.15) is 11.9 Å². The van der Waals surface area contributed by atoms with Gasteiger partial charge in [-0.05, 0) is 29.3 Å². The van der Waals surface area contributed by atoms with E-state index in [9.17, 15) is 9.18 Å². The third kappa shape index (κ3) is 3.24. The summed E-state index contributed by atoms with van der Waals surface area (Å²) in [6.45, 7) is 0.586. The van der Waals surface area contributed by atoms with Crippen LogP contribution >= 0.6 is 0 Å². The predicted molar refractivity (Wildman–Crippen MR) is 86.8 cm³/mol. The summed E-state index contributed by atoms with van der Waals surface area (Å²) in [6, 6.07) is 13.2. The van der Waals surface area contributed by atoms with Crippen LogP contribution in [0.25, 0.3) is 10.9 Å². The van der Waals surface area contributed by atoms with Crippen LogP contribution in [0, 0.1) is 5.82 Å². The van der Waals surface area contributed by atoms with E-state index in [0.717, 1.165) is 22.0 Å². The first-order valence-electron chi connectivity index (χ1n) is 7.34. The van der Waals surface area contributed by atoms with E-state index >= 15 is 0 Å². The number of hydrogen-bond acceptors (Lipinski definition) is 2. The number of aromatic nitrogens is 1. The van der Waals surface area contributed by atoms with Crippen LogP contribution in [0.15, 0.2) is 54.7 Å². The first-order chi connectivity index (χ1) is 11.0. The van der Waals surface area contributed by atoms with Crippen molar-refractivity contribution in [2.45, 2.75) is 19.0 Å². The molecule has 0 bridgehead atoms. The number of carboxylic acids is 1. The van der Waals surface area contributed by atoms with Crippen LogP contribution in [-0.2, 0) is 17.8 Å².